The van der Waals surface area contributed by atoms with Crippen LogP contribution in [0.15, 0.2) is 47.8 Å². The van der Waals surface area contributed by atoms with Crippen molar-refractivity contribution in [2.24, 2.45) is 0 Å². The van der Waals surface area contributed by atoms with Crippen LogP contribution in [0.25, 0.3) is 39.0 Å². The van der Waals surface area contributed by atoms with Crippen molar-refractivity contribution in [1.82, 2.24) is 0 Å². The van der Waals surface area contributed by atoms with Crippen molar-refractivity contribution < 1.29 is 14.3 Å². The minimum absolute atomic E-state index is 0.607. The topological polar surface area (TPSA) is 35.5 Å². The molecule has 0 spiro atoms. The third-order valence-corrected chi connectivity index (χ3v) is 12.8. The van der Waals surface area contributed by atoms with E-state index in [1.54, 1.807) is 22.7 Å². The first-order valence-electron chi connectivity index (χ1n) is 13.5. The largest absolute Gasteiger partial charge is 0.485 e. The number of fused-ring (bicyclic) bond motifs is 1. The lowest BCUT2D eigenvalue weighted by atomic mass is 10.0. The van der Waals surface area contributed by atoms with Crippen LogP contribution in [-0.2, 0) is 6.42 Å². The first kappa shape index (κ1) is 27.0. The fourth-order valence-corrected chi connectivity index (χ4v) is 10.2. The normalized spacial score (nSPS) is 12.7. The van der Waals surface area contributed by atoms with Crippen LogP contribution in [0.3, 0.4) is 0 Å². The van der Waals surface area contributed by atoms with E-state index in [0.29, 0.717) is 13.2 Å². The van der Waals surface area contributed by atoms with Crippen molar-refractivity contribution >= 4 is 63.0 Å². The molecule has 0 atom stereocenters. The lowest BCUT2D eigenvalue weighted by Crippen LogP contribution is -2.14. The molecule has 0 radical (unpaired) electrons. The van der Waals surface area contributed by atoms with Crippen LogP contribution in [-0.4, -0.2) is 19.5 Å². The van der Waals surface area contributed by atoms with E-state index in [4.69, 9.17) is 9.47 Å². The van der Waals surface area contributed by atoms with Gasteiger partial charge in [-0.1, -0.05) is 39.0 Å². The summed E-state index contributed by atoms with van der Waals surface area (Å²) >= 11 is 8.84. The minimum Gasteiger partial charge on any atom is -0.485 e. The van der Waals surface area contributed by atoms with Gasteiger partial charge in [0.1, 0.15) is 13.2 Å². The second-order valence-electron chi connectivity index (χ2n) is 9.59. The summed E-state index contributed by atoms with van der Waals surface area (Å²) < 4.78 is 11.7. The van der Waals surface area contributed by atoms with Crippen LogP contribution in [0.4, 0.5) is 0 Å². The first-order valence-corrected chi connectivity index (χ1v) is 17.6. The number of hydrogen-bond donors (Lipinski definition) is 0. The highest BCUT2D eigenvalue weighted by Crippen LogP contribution is 2.50. The van der Waals surface area contributed by atoms with Gasteiger partial charge >= 0.3 is 0 Å². The molecular weight excluding hydrogens is 581 g/mol. The Balaban J connectivity index is 1.28. The zero-order chi connectivity index (χ0) is 26.6. The number of aryl methyl sites for hydroxylation is 1. The van der Waals surface area contributed by atoms with Crippen molar-refractivity contribution in [3.8, 4) is 50.5 Å². The fourth-order valence-electron chi connectivity index (χ4n) is 4.81. The lowest BCUT2D eigenvalue weighted by Gasteiger charge is -2.15. The van der Waals surface area contributed by atoms with Gasteiger partial charge in [0.2, 0.25) is 0 Å². The number of ether oxygens (including phenoxy) is 2. The zero-order valence-corrected chi connectivity index (χ0v) is 25.9. The molecule has 0 fully saturated rings. The van der Waals surface area contributed by atoms with Gasteiger partial charge in [0.25, 0.3) is 0 Å². The van der Waals surface area contributed by atoms with Crippen molar-refractivity contribution in [2.45, 2.75) is 51.9 Å². The fraction of sp³-hybridized carbons (Fsp3) is 0.323. The molecule has 8 heteroatoms. The average molecular weight is 611 g/mol. The third-order valence-electron chi connectivity index (χ3n) is 6.80. The van der Waals surface area contributed by atoms with Crippen molar-refractivity contribution in [2.75, 3.05) is 13.2 Å². The number of thiophene rings is 5. The second-order valence-corrected chi connectivity index (χ2v) is 14.8. The maximum Gasteiger partial charge on any atom is 0.180 e. The Morgan fingerprint density at radius 3 is 2.18 bits per heavy atom. The summed E-state index contributed by atoms with van der Waals surface area (Å²) in [5, 5.41) is 2.06. The summed E-state index contributed by atoms with van der Waals surface area (Å²) in [7, 11) is 0. The van der Waals surface area contributed by atoms with Crippen molar-refractivity contribution in [3.05, 3.63) is 58.3 Å². The quantitative estimate of drug-likeness (QED) is 0.104. The Morgan fingerprint density at radius 2 is 1.38 bits per heavy atom. The number of hydrogen-bond acceptors (Lipinski definition) is 8. The summed E-state index contributed by atoms with van der Waals surface area (Å²) in [6.45, 7) is 3.50. The van der Waals surface area contributed by atoms with Gasteiger partial charge in [-0.3, -0.25) is 4.79 Å². The van der Waals surface area contributed by atoms with Crippen molar-refractivity contribution in [3.63, 3.8) is 0 Å². The standard InChI is InChI=1S/C31H30O3S5/c1-2-3-4-5-6-7-8-20-17-28(25-12-14-27(38-25)31-29-22(19-35-31)33-15-16-34-29)39-30(20)26-13-11-24(37-26)23-10-9-21(18-32)36-23/h9-14,17-19H,2-8,15-16H2,1H3. The van der Waals surface area contributed by atoms with E-state index in [1.165, 1.54) is 78.2 Å². The number of unbranched alkanes of at least 4 members (excludes halogenated alkanes) is 5. The van der Waals surface area contributed by atoms with Gasteiger partial charge in [-0.25, -0.2) is 0 Å². The highest BCUT2D eigenvalue weighted by Gasteiger charge is 2.22. The minimum atomic E-state index is 0.607. The molecule has 0 unspecified atom stereocenters. The Kier molecular flexibility index (Phi) is 8.66. The van der Waals surface area contributed by atoms with Crippen LogP contribution in [0.5, 0.6) is 11.5 Å². The summed E-state index contributed by atoms with van der Waals surface area (Å²) in [6.07, 6.45) is 9.86. The Hall–Kier alpha value is -2.23. The maximum atomic E-state index is 11.2. The summed E-state index contributed by atoms with van der Waals surface area (Å²) in [5.41, 5.74) is 1.46. The highest BCUT2D eigenvalue weighted by molar-refractivity contribution is 7.29. The molecule has 0 aliphatic carbocycles. The van der Waals surface area contributed by atoms with Crippen molar-refractivity contribution in [1.29, 1.82) is 0 Å². The summed E-state index contributed by atoms with van der Waals surface area (Å²) in [6, 6.07) is 15.4. The van der Waals surface area contributed by atoms with Gasteiger partial charge in [0, 0.05) is 39.5 Å². The zero-order valence-electron chi connectivity index (χ0n) is 21.8. The Morgan fingerprint density at radius 1 is 0.718 bits per heavy atom. The molecule has 0 saturated heterocycles. The highest BCUT2D eigenvalue weighted by atomic mass is 32.1. The average Bonchev–Trinajstić information content (AvgIpc) is 3.78. The molecular formula is C31H30O3S5. The molecule has 6 rings (SSSR count). The Labute approximate surface area is 249 Å². The molecule has 6 heterocycles. The molecule has 5 aromatic rings. The van der Waals surface area contributed by atoms with Crippen LogP contribution < -0.4 is 9.47 Å². The van der Waals surface area contributed by atoms with Crippen LogP contribution in [0.1, 0.15) is 60.7 Å². The van der Waals surface area contributed by atoms with Crippen LogP contribution >= 0.6 is 56.7 Å². The van der Waals surface area contributed by atoms with E-state index in [-0.39, 0.29) is 0 Å². The molecule has 39 heavy (non-hydrogen) atoms. The van der Waals surface area contributed by atoms with E-state index in [1.807, 2.05) is 40.1 Å². The molecule has 3 nitrogen and oxygen atoms in total. The molecule has 0 saturated carbocycles. The van der Waals surface area contributed by atoms with Gasteiger partial charge < -0.3 is 9.47 Å². The molecule has 0 bridgehead atoms. The maximum absolute atomic E-state index is 11.2. The van der Waals surface area contributed by atoms with E-state index < -0.39 is 0 Å². The molecule has 0 amide bonds. The molecule has 1 aliphatic heterocycles. The van der Waals surface area contributed by atoms with Gasteiger partial charge in [0.15, 0.2) is 17.8 Å². The lowest BCUT2D eigenvalue weighted by molar-refractivity contribution is 0.112. The predicted octanol–water partition coefficient (Wildman–Crippen LogP) is 11.1. The van der Waals surface area contributed by atoms with E-state index >= 15 is 0 Å². The van der Waals surface area contributed by atoms with Gasteiger partial charge in [-0.2, -0.15) is 0 Å². The number of carbonyl (C=O) groups excluding carboxylic acids is 1. The second kappa shape index (κ2) is 12.5. The summed E-state index contributed by atoms with van der Waals surface area (Å²) in [5.74, 6) is 1.77. The van der Waals surface area contributed by atoms with Gasteiger partial charge in [-0.05, 0) is 60.9 Å². The number of carbonyl (C=O) groups is 1. The van der Waals surface area contributed by atoms with Crippen LogP contribution in [0, 0.1) is 0 Å². The predicted molar refractivity (Wildman–Crippen MR) is 171 cm³/mol. The summed E-state index contributed by atoms with van der Waals surface area (Å²) in [4.78, 5) is 22.1. The first-order chi connectivity index (χ1) is 19.2. The van der Waals surface area contributed by atoms with Gasteiger partial charge in [-0.15, -0.1) is 56.7 Å². The monoisotopic (exact) mass is 610 g/mol. The smallest absolute Gasteiger partial charge is 0.180 e. The SMILES string of the molecule is CCCCCCCCc1cc(-c2ccc(-c3scc4c3OCCO4)s2)sc1-c1ccc(-c2ccc(C=O)s2)s1. The molecule has 0 N–H and O–H groups in total. The third kappa shape index (κ3) is 5.95. The number of rotatable bonds is 12. The van der Waals surface area contributed by atoms with E-state index in [9.17, 15) is 4.79 Å². The molecule has 5 aromatic heterocycles. The van der Waals surface area contributed by atoms with E-state index in [2.05, 4.69) is 48.7 Å². The Bertz CT molecular complexity index is 1550. The van der Waals surface area contributed by atoms with Gasteiger partial charge in [0.05, 0.1) is 9.75 Å². The molecule has 202 valence electrons. The number of aldehydes is 1. The van der Waals surface area contributed by atoms with E-state index in [0.717, 1.165) is 34.0 Å². The van der Waals surface area contributed by atoms with Crippen LogP contribution in [0.2, 0.25) is 0 Å². The molecule has 1 aliphatic rings. The molecule has 0 aromatic carbocycles.